The van der Waals surface area contributed by atoms with Gasteiger partial charge in [0.05, 0.1) is 41.3 Å². The number of aromatic hydroxyl groups is 2. The van der Waals surface area contributed by atoms with E-state index in [4.69, 9.17) is 29.4 Å². The van der Waals surface area contributed by atoms with Gasteiger partial charge in [-0.1, -0.05) is 163 Å². The summed E-state index contributed by atoms with van der Waals surface area (Å²) < 4.78 is 35.0. The Balaban J connectivity index is 1.02. The number of ether oxygens (including phenoxy) is 5. The molecular formula is C85H94N4O11S2. The summed E-state index contributed by atoms with van der Waals surface area (Å²) >= 11 is 0. The number of phenols is 2. The van der Waals surface area contributed by atoms with Crippen LogP contribution >= 0.6 is 21.6 Å². The lowest BCUT2D eigenvalue weighted by atomic mass is 9.43. The minimum absolute atomic E-state index is 0.0233. The number of aliphatic hydroxyl groups excluding tert-OH is 2. The highest BCUT2D eigenvalue weighted by Gasteiger charge is 2.68. The van der Waals surface area contributed by atoms with E-state index in [2.05, 4.69) is 144 Å². The van der Waals surface area contributed by atoms with Crippen molar-refractivity contribution in [2.75, 3.05) is 46.0 Å². The van der Waals surface area contributed by atoms with Gasteiger partial charge in [0.1, 0.15) is 42.0 Å². The maximum absolute atomic E-state index is 14.4. The molecule has 3 saturated carbocycles. The second kappa shape index (κ2) is 27.1. The number of fused-ring (bicyclic) bond motifs is 12. The Morgan fingerprint density at radius 1 is 0.912 bits per heavy atom. The first-order chi connectivity index (χ1) is 49.7. The molecule has 17 heteroatoms. The first kappa shape index (κ1) is 68.0. The first-order valence-electron chi connectivity index (χ1n) is 37.4. The lowest BCUT2D eigenvalue weighted by molar-refractivity contribution is -0.141. The van der Waals surface area contributed by atoms with E-state index in [0.29, 0.717) is 122 Å². The van der Waals surface area contributed by atoms with E-state index < -0.39 is 76.7 Å². The highest BCUT2D eigenvalue weighted by molar-refractivity contribution is 8.77. The zero-order chi connectivity index (χ0) is 69.8. The maximum atomic E-state index is 14.4. The first-order valence-corrected chi connectivity index (χ1v) is 39.8. The number of rotatable bonds is 10. The topological polar surface area (TPSA) is 226 Å². The molecule has 11 bridgehead atoms. The van der Waals surface area contributed by atoms with Gasteiger partial charge < -0.3 is 70.9 Å². The second-order valence-electron chi connectivity index (χ2n) is 31.4. The molecule has 102 heavy (non-hydrogen) atoms. The van der Waals surface area contributed by atoms with Crippen LogP contribution in [0.5, 0.6) is 28.7 Å². The Hall–Kier alpha value is -7.13. The standard InChI is InChI=1S/C85H94N4O11S2/c1-4-52-37-63-67(89-81(52)86)24-20-53-18-19-54-32-50-14-10-16-57(33-50)85-27-9-8-26-84(85,95)31-30-82(80(63)85)28-29-83(46-82)39-55-36-59(93)38-69(98-47-91)71(55)61-22-21-60-66(44-97-48(2)92)76(99-77(60)74(61)83)73-62-23-25-68-79(100-78(62)75(94)64(72(53)73)41-87-40-56(42-90)65(54)43-96-3)70(35-49-12-6-5-7-13-49)102-101-45-51-15-11-17-58(34-51)88-68/h5-7,10,12-14,16,21-23,25,30-31,33,36-38,51,53-54,56,58,65-66,68,70,76,79-81,87-91,93-95H,4,8-9,11,15,17,26-29,32,34-35,39-47,86H2,1-3H3. The van der Waals surface area contributed by atoms with Gasteiger partial charge in [0.15, 0.2) is 18.3 Å². The number of carbonyl (C=O) groups is 1. The van der Waals surface area contributed by atoms with E-state index >= 15 is 0 Å². The fourth-order valence-corrected chi connectivity index (χ4v) is 24.6. The number of phenolic OH excluding ortho intramolecular Hbond substituents is 2. The monoisotopic (exact) mass is 1410 g/mol. The van der Waals surface area contributed by atoms with Crippen molar-refractivity contribution in [2.24, 2.45) is 40.7 Å². The van der Waals surface area contributed by atoms with E-state index in [9.17, 15) is 30.3 Å². The summed E-state index contributed by atoms with van der Waals surface area (Å²) in [4.78, 5) is 13.7. The van der Waals surface area contributed by atoms with Gasteiger partial charge in [-0.25, -0.2) is 0 Å². The van der Waals surface area contributed by atoms with Gasteiger partial charge >= 0.3 is 5.97 Å². The summed E-state index contributed by atoms with van der Waals surface area (Å²) in [5.74, 6) is 15.1. The SMILES string of the molecule is CCC1=CC2=C(C#CC3C#CC4Cc5cccc(c5)C56CCCCC5(O)C=CC5(CCC7(Cc8cc(O)cc(OCO)c8-c8ccc9c(c87)OC(c7c8c(c(O)c(c73)CNCC(CO)C4COC)OC3C(C=C8)NC4CCCC(CSSC3Cc3ccccc3)C4)C9COC(C)=O)C5)C26)NC1N. The Morgan fingerprint density at radius 2 is 1.78 bits per heavy atom. The largest absolute Gasteiger partial charge is 0.508 e. The average Bonchev–Trinajstić information content (AvgIpc) is 1.32. The number of benzene rings is 5. The van der Waals surface area contributed by atoms with E-state index in [1.807, 2.05) is 27.7 Å². The summed E-state index contributed by atoms with van der Waals surface area (Å²) in [6, 6.07) is 27.2. The van der Waals surface area contributed by atoms with Crippen LogP contribution in [0.4, 0.5) is 0 Å². The fourth-order valence-electron chi connectivity index (χ4n) is 21.4. The van der Waals surface area contributed by atoms with Crippen molar-refractivity contribution in [3.05, 3.63) is 176 Å². The molecule has 12 aliphatic rings. The third kappa shape index (κ3) is 11.3. The van der Waals surface area contributed by atoms with Crippen molar-refractivity contribution >= 4 is 33.6 Å². The van der Waals surface area contributed by atoms with Crippen LogP contribution in [0.3, 0.4) is 0 Å². The number of methoxy groups -OCH3 is 1. The molecule has 17 rings (SSSR count). The van der Waals surface area contributed by atoms with Gasteiger partial charge in [0.25, 0.3) is 0 Å². The highest BCUT2D eigenvalue weighted by atomic mass is 33.1. The number of nitrogens with one attached hydrogen (secondary N) is 3. The van der Waals surface area contributed by atoms with Crippen LogP contribution in [0.15, 0.2) is 120 Å². The maximum Gasteiger partial charge on any atom is 0.302 e. The molecule has 0 radical (unpaired) electrons. The van der Waals surface area contributed by atoms with E-state index in [1.54, 1.807) is 13.2 Å². The van der Waals surface area contributed by atoms with Gasteiger partial charge in [-0.3, -0.25) is 4.79 Å². The number of nitrogens with two attached hydrogens (primary N) is 1. The Kier molecular flexibility index (Phi) is 18.1. The molecule has 3 spiro atoms. The summed E-state index contributed by atoms with van der Waals surface area (Å²) in [5, 5.41) is 74.7. The van der Waals surface area contributed by atoms with Crippen LogP contribution in [0, 0.1) is 58.7 Å². The van der Waals surface area contributed by atoms with E-state index in [0.717, 1.165) is 87.9 Å². The Labute approximate surface area is 606 Å². The van der Waals surface area contributed by atoms with Crippen molar-refractivity contribution in [1.29, 1.82) is 0 Å². The summed E-state index contributed by atoms with van der Waals surface area (Å²) in [6.07, 6.45) is 20.9. The normalized spacial score (nSPS) is 34.1. The van der Waals surface area contributed by atoms with Crippen LogP contribution < -0.4 is 35.9 Å². The van der Waals surface area contributed by atoms with Crippen LogP contribution in [0.1, 0.15) is 164 Å². The van der Waals surface area contributed by atoms with E-state index in [-0.39, 0.29) is 60.4 Å². The zero-order valence-corrected chi connectivity index (χ0v) is 60.2. The molecule has 10 N–H and O–H groups in total. The predicted molar refractivity (Wildman–Crippen MR) is 398 cm³/mol. The van der Waals surface area contributed by atoms with Crippen LogP contribution in [0.25, 0.3) is 17.2 Å². The molecule has 6 aliphatic heterocycles. The van der Waals surface area contributed by atoms with Crippen molar-refractivity contribution in [3.63, 3.8) is 0 Å². The summed E-state index contributed by atoms with van der Waals surface area (Å²) in [5.41, 5.74) is 16.4. The van der Waals surface area contributed by atoms with Crippen molar-refractivity contribution in [3.8, 4) is 63.6 Å². The quantitative estimate of drug-likeness (QED) is 0.0208. The second-order valence-corrected chi connectivity index (χ2v) is 34.1. The van der Waals surface area contributed by atoms with Crippen molar-refractivity contribution in [1.82, 2.24) is 16.0 Å². The fraction of sp³-hybridized carbons (Fsp3) is 0.494. The number of carbonyl (C=O) groups excluding carboxylic acids is 1. The summed E-state index contributed by atoms with van der Waals surface area (Å²) in [7, 11) is 5.53. The number of hydrogen-bond acceptors (Lipinski definition) is 17. The third-order valence-electron chi connectivity index (χ3n) is 25.8. The van der Waals surface area contributed by atoms with Crippen molar-refractivity contribution < 1.29 is 54.0 Å². The molecule has 5 aromatic carbocycles. The number of hydrogen-bond donors (Lipinski definition) is 9. The minimum Gasteiger partial charge on any atom is -0.508 e. The molecule has 0 aromatic heterocycles. The Morgan fingerprint density at radius 3 is 2.62 bits per heavy atom. The number of esters is 1. The predicted octanol–water partition coefficient (Wildman–Crippen LogP) is 12.3. The van der Waals surface area contributed by atoms with E-state index in [1.165, 1.54) is 18.9 Å². The number of dihydropyridines is 1. The third-order valence-corrected chi connectivity index (χ3v) is 28.8. The molecule has 1 saturated heterocycles. The van der Waals surface area contributed by atoms with Crippen LogP contribution in [0.2, 0.25) is 0 Å². The smallest absolute Gasteiger partial charge is 0.302 e. The summed E-state index contributed by atoms with van der Waals surface area (Å²) in [6.45, 7) is 3.47. The average molecular weight is 1410 g/mol. The van der Waals surface area contributed by atoms with Crippen LogP contribution in [-0.2, 0) is 50.9 Å². The molecule has 17 atom stereocenters. The molecular weight excluding hydrogens is 1320 g/mol. The zero-order valence-electron chi connectivity index (χ0n) is 58.5. The minimum atomic E-state index is -1.32. The molecule has 4 fully saturated rings. The molecule has 5 aromatic rings. The molecule has 15 nitrogen and oxygen atoms in total. The lowest BCUT2D eigenvalue weighted by Crippen LogP contribution is -2.63. The molecule has 532 valence electrons. The molecule has 17 unspecified atom stereocenters. The number of allylic oxidation sites excluding steroid dienone is 4. The van der Waals surface area contributed by atoms with Gasteiger partial charge in [-0.2, -0.15) is 0 Å². The Bertz CT molecular complexity index is 4440. The number of aliphatic hydroxyl groups is 3. The van der Waals surface area contributed by atoms with Crippen molar-refractivity contribution in [2.45, 2.75) is 181 Å². The van der Waals surface area contributed by atoms with Gasteiger partial charge in [0, 0.05) is 119 Å². The van der Waals surface area contributed by atoms with Crippen LogP contribution in [-0.4, -0.2) is 113 Å². The molecule has 6 heterocycles. The highest BCUT2D eigenvalue weighted by Crippen LogP contribution is 2.72. The van der Waals surface area contributed by atoms with Gasteiger partial charge in [-0.15, -0.1) is 0 Å². The molecule has 0 amide bonds. The van der Waals surface area contributed by atoms with Gasteiger partial charge in [0.2, 0.25) is 0 Å². The molecule has 6 aliphatic carbocycles. The van der Waals surface area contributed by atoms with Gasteiger partial charge in [-0.05, 0) is 145 Å². The lowest BCUT2D eigenvalue weighted by Gasteiger charge is -2.62.